The molecule has 1 aliphatic heterocycles. The molecule has 2 rings (SSSR count). The number of hydrogen-bond acceptors (Lipinski definition) is 7. The number of aromatic nitrogens is 3. The Labute approximate surface area is 123 Å². The Bertz CT molecular complexity index is 428. The number of hydrogen-bond donors (Lipinski definition) is 1. The summed E-state index contributed by atoms with van der Waals surface area (Å²) in [6, 6.07) is 0. The maximum Gasteiger partial charge on any atom is 0.231 e. The van der Waals surface area contributed by atoms with Gasteiger partial charge < -0.3 is 19.7 Å². The summed E-state index contributed by atoms with van der Waals surface area (Å²) in [6.45, 7) is 8.12. The van der Waals surface area contributed by atoms with Gasteiger partial charge in [0.25, 0.3) is 0 Å². The van der Waals surface area contributed by atoms with Gasteiger partial charge in [-0.2, -0.15) is 15.0 Å². The largest absolute Gasteiger partial charge is 0.378 e. The molecule has 7 nitrogen and oxygen atoms in total. The number of halogens is 1. The van der Waals surface area contributed by atoms with Crippen LogP contribution in [0, 0.1) is 0 Å². The van der Waals surface area contributed by atoms with E-state index in [9.17, 15) is 0 Å². The Hall–Kier alpha value is -1.18. The van der Waals surface area contributed by atoms with Gasteiger partial charge in [0.05, 0.1) is 19.3 Å². The van der Waals surface area contributed by atoms with E-state index in [1.165, 1.54) is 0 Å². The van der Waals surface area contributed by atoms with Gasteiger partial charge in [-0.25, -0.2) is 0 Å². The van der Waals surface area contributed by atoms with E-state index < -0.39 is 0 Å². The second kappa shape index (κ2) is 7.56. The highest BCUT2D eigenvalue weighted by Gasteiger charge is 2.16. The Kier molecular flexibility index (Phi) is 5.75. The summed E-state index contributed by atoms with van der Waals surface area (Å²) >= 11 is 5.95. The highest BCUT2D eigenvalue weighted by Crippen LogP contribution is 2.15. The van der Waals surface area contributed by atoms with Crippen molar-refractivity contribution in [3.8, 4) is 0 Å². The van der Waals surface area contributed by atoms with Gasteiger partial charge in [0, 0.05) is 26.2 Å². The molecular weight excluding hydrogens is 282 g/mol. The molecule has 1 N–H and O–H groups in total. The molecule has 1 aliphatic rings. The fourth-order valence-corrected chi connectivity index (χ4v) is 2.06. The normalized spacial score (nSPS) is 17.1. The summed E-state index contributed by atoms with van der Waals surface area (Å²) < 4.78 is 10.8. The molecule has 1 fully saturated rings. The van der Waals surface area contributed by atoms with Crippen LogP contribution in [0.5, 0.6) is 0 Å². The number of ether oxygens (including phenoxy) is 2. The quantitative estimate of drug-likeness (QED) is 0.846. The van der Waals surface area contributed by atoms with Crippen molar-refractivity contribution in [2.45, 2.75) is 20.0 Å². The standard InChI is InChI=1S/C12H20ClN5O2/c1-3-20-9(2)8-14-11-15-10(13)16-12(17-11)18-4-6-19-7-5-18/h9H,3-8H2,1-2H3,(H,14,15,16,17). The average Bonchev–Trinajstić information content (AvgIpc) is 2.46. The Balaban J connectivity index is 2.00. The number of nitrogens with one attached hydrogen (secondary N) is 1. The van der Waals surface area contributed by atoms with Gasteiger partial charge in [-0.3, -0.25) is 0 Å². The number of rotatable bonds is 6. The van der Waals surface area contributed by atoms with Crippen LogP contribution < -0.4 is 10.2 Å². The van der Waals surface area contributed by atoms with Crippen LogP contribution in [0.25, 0.3) is 0 Å². The van der Waals surface area contributed by atoms with E-state index >= 15 is 0 Å². The van der Waals surface area contributed by atoms with Gasteiger partial charge in [0.15, 0.2) is 0 Å². The zero-order valence-electron chi connectivity index (χ0n) is 11.8. The number of anilines is 2. The van der Waals surface area contributed by atoms with Crippen LogP contribution in [-0.2, 0) is 9.47 Å². The molecule has 0 saturated carbocycles. The first-order valence-electron chi connectivity index (χ1n) is 6.78. The molecule has 0 aromatic carbocycles. The zero-order chi connectivity index (χ0) is 14.4. The van der Waals surface area contributed by atoms with Gasteiger partial charge in [0.1, 0.15) is 0 Å². The Morgan fingerprint density at radius 1 is 1.35 bits per heavy atom. The maximum atomic E-state index is 5.95. The van der Waals surface area contributed by atoms with E-state index in [0.29, 0.717) is 38.3 Å². The van der Waals surface area contributed by atoms with Crippen LogP contribution in [0.15, 0.2) is 0 Å². The van der Waals surface area contributed by atoms with Crippen molar-refractivity contribution in [2.24, 2.45) is 0 Å². The molecule has 1 aromatic heterocycles. The summed E-state index contributed by atoms with van der Waals surface area (Å²) in [5.74, 6) is 1.05. The minimum atomic E-state index is 0.0855. The molecule has 1 atom stereocenters. The van der Waals surface area contributed by atoms with Gasteiger partial charge in [0.2, 0.25) is 17.2 Å². The predicted molar refractivity (Wildman–Crippen MR) is 77.4 cm³/mol. The van der Waals surface area contributed by atoms with Crippen molar-refractivity contribution in [3.63, 3.8) is 0 Å². The Morgan fingerprint density at radius 2 is 2.10 bits per heavy atom. The van der Waals surface area contributed by atoms with E-state index in [1.807, 2.05) is 18.7 Å². The molecule has 0 bridgehead atoms. The first-order valence-corrected chi connectivity index (χ1v) is 7.16. The Morgan fingerprint density at radius 3 is 2.80 bits per heavy atom. The molecule has 8 heteroatoms. The summed E-state index contributed by atoms with van der Waals surface area (Å²) in [5, 5.41) is 3.31. The SMILES string of the molecule is CCOC(C)CNc1nc(Cl)nc(N2CCOCC2)n1. The minimum Gasteiger partial charge on any atom is -0.378 e. The number of nitrogens with zero attached hydrogens (tertiary/aromatic N) is 4. The van der Waals surface area contributed by atoms with E-state index in [1.54, 1.807) is 0 Å². The van der Waals surface area contributed by atoms with Gasteiger partial charge in [-0.15, -0.1) is 0 Å². The second-order valence-electron chi connectivity index (χ2n) is 4.47. The van der Waals surface area contributed by atoms with Crippen LogP contribution in [0.1, 0.15) is 13.8 Å². The molecule has 0 spiro atoms. The average molecular weight is 302 g/mol. The minimum absolute atomic E-state index is 0.0855. The molecule has 1 aromatic rings. The summed E-state index contributed by atoms with van der Waals surface area (Å²) in [7, 11) is 0. The third-order valence-electron chi connectivity index (χ3n) is 2.89. The van der Waals surface area contributed by atoms with E-state index in [2.05, 4.69) is 20.3 Å². The highest BCUT2D eigenvalue weighted by molar-refractivity contribution is 6.28. The van der Waals surface area contributed by atoms with Gasteiger partial charge in [-0.05, 0) is 25.4 Å². The van der Waals surface area contributed by atoms with Gasteiger partial charge in [-0.1, -0.05) is 0 Å². The first kappa shape index (κ1) is 15.2. The molecule has 1 saturated heterocycles. The fourth-order valence-electron chi connectivity index (χ4n) is 1.90. The second-order valence-corrected chi connectivity index (χ2v) is 4.81. The summed E-state index contributed by atoms with van der Waals surface area (Å²) in [4.78, 5) is 14.7. The lowest BCUT2D eigenvalue weighted by Gasteiger charge is -2.26. The van der Waals surface area contributed by atoms with Crippen LogP contribution in [0.2, 0.25) is 5.28 Å². The highest BCUT2D eigenvalue weighted by atomic mass is 35.5. The van der Waals surface area contributed by atoms with Crippen molar-refractivity contribution in [2.75, 3.05) is 49.7 Å². The lowest BCUT2D eigenvalue weighted by Crippen LogP contribution is -2.37. The van der Waals surface area contributed by atoms with E-state index in [4.69, 9.17) is 21.1 Å². The first-order chi connectivity index (χ1) is 9.69. The van der Waals surface area contributed by atoms with Crippen molar-refractivity contribution < 1.29 is 9.47 Å². The molecule has 0 aliphatic carbocycles. The smallest absolute Gasteiger partial charge is 0.231 e. The third-order valence-corrected chi connectivity index (χ3v) is 3.06. The number of morpholine rings is 1. The fraction of sp³-hybridized carbons (Fsp3) is 0.750. The summed E-state index contributed by atoms with van der Waals surface area (Å²) in [5.41, 5.74) is 0. The topological polar surface area (TPSA) is 72.4 Å². The van der Waals surface area contributed by atoms with Crippen molar-refractivity contribution in [1.29, 1.82) is 0 Å². The lowest BCUT2D eigenvalue weighted by molar-refractivity contribution is 0.0854. The van der Waals surface area contributed by atoms with E-state index in [0.717, 1.165) is 13.1 Å². The van der Waals surface area contributed by atoms with Crippen LogP contribution in [0.3, 0.4) is 0 Å². The van der Waals surface area contributed by atoms with Crippen LogP contribution in [-0.4, -0.2) is 60.5 Å². The van der Waals surface area contributed by atoms with Gasteiger partial charge >= 0.3 is 0 Å². The zero-order valence-corrected chi connectivity index (χ0v) is 12.6. The van der Waals surface area contributed by atoms with Crippen molar-refractivity contribution in [1.82, 2.24) is 15.0 Å². The van der Waals surface area contributed by atoms with Crippen molar-refractivity contribution >= 4 is 23.5 Å². The summed E-state index contributed by atoms with van der Waals surface area (Å²) in [6.07, 6.45) is 0.0855. The predicted octanol–water partition coefficient (Wildman–Crippen LogP) is 1.20. The molecule has 0 amide bonds. The molecule has 20 heavy (non-hydrogen) atoms. The molecule has 2 heterocycles. The molecule has 1 unspecified atom stereocenters. The van der Waals surface area contributed by atoms with Crippen LogP contribution >= 0.6 is 11.6 Å². The monoisotopic (exact) mass is 301 g/mol. The lowest BCUT2D eigenvalue weighted by atomic mass is 10.4. The third kappa shape index (κ3) is 4.43. The van der Waals surface area contributed by atoms with Crippen molar-refractivity contribution in [3.05, 3.63) is 5.28 Å². The molecule has 112 valence electrons. The maximum absolute atomic E-state index is 5.95. The van der Waals surface area contributed by atoms with Crippen LogP contribution in [0.4, 0.5) is 11.9 Å². The van der Waals surface area contributed by atoms with E-state index in [-0.39, 0.29) is 11.4 Å². The molecule has 0 radical (unpaired) electrons. The molecular formula is C12H20ClN5O2.